The lowest BCUT2D eigenvalue weighted by Gasteiger charge is -2.06. The summed E-state index contributed by atoms with van der Waals surface area (Å²) in [6.45, 7) is 3.16. The van der Waals surface area contributed by atoms with E-state index in [2.05, 4.69) is 36.0 Å². The highest BCUT2D eigenvalue weighted by molar-refractivity contribution is 7.17. The predicted molar refractivity (Wildman–Crippen MR) is 128 cm³/mol. The number of nitrogens with zero attached hydrogens (tertiary/aromatic N) is 2. The Morgan fingerprint density at radius 3 is 2.84 bits per heavy atom. The first-order valence-electron chi connectivity index (χ1n) is 10.5. The minimum Gasteiger partial charge on any atom is -0.494 e. The van der Waals surface area contributed by atoms with E-state index in [1.807, 2.05) is 34.9 Å². The first-order chi connectivity index (χ1) is 15.2. The molecule has 1 aromatic heterocycles. The Balaban J connectivity index is 1.72. The Labute approximate surface area is 185 Å². The summed E-state index contributed by atoms with van der Waals surface area (Å²) in [6.07, 6.45) is 8.88. The van der Waals surface area contributed by atoms with Crippen LogP contribution >= 0.6 is 11.3 Å². The van der Waals surface area contributed by atoms with Crippen LogP contribution in [0.4, 0.5) is 0 Å². The zero-order valence-electron chi connectivity index (χ0n) is 17.5. The average Bonchev–Trinajstić information content (AvgIpc) is 3.14. The molecule has 0 N–H and O–H groups in total. The summed E-state index contributed by atoms with van der Waals surface area (Å²) in [6, 6.07) is 19.5. The van der Waals surface area contributed by atoms with Crippen LogP contribution in [0.3, 0.4) is 0 Å². The lowest BCUT2D eigenvalue weighted by atomic mass is 10.1. The van der Waals surface area contributed by atoms with E-state index in [9.17, 15) is 4.79 Å². The Bertz CT molecular complexity index is 1340. The van der Waals surface area contributed by atoms with E-state index in [1.54, 1.807) is 12.1 Å². The van der Waals surface area contributed by atoms with Crippen LogP contribution in [0, 0.1) is 12.3 Å². The van der Waals surface area contributed by atoms with Gasteiger partial charge in [0.05, 0.1) is 23.4 Å². The van der Waals surface area contributed by atoms with Gasteiger partial charge in [0.1, 0.15) is 5.75 Å². The number of carbonyl (C=O) groups is 1. The van der Waals surface area contributed by atoms with Gasteiger partial charge < -0.3 is 9.30 Å². The quantitative estimate of drug-likeness (QED) is 0.276. The fourth-order valence-corrected chi connectivity index (χ4v) is 4.70. The molecule has 4 rings (SSSR count). The molecule has 0 radical (unpaired) electrons. The lowest BCUT2D eigenvalue weighted by molar-refractivity contribution is 0.0997. The number of thiazole rings is 1. The van der Waals surface area contributed by atoms with Crippen molar-refractivity contribution >= 4 is 38.2 Å². The maximum Gasteiger partial charge on any atom is 0.279 e. The third kappa shape index (κ3) is 4.55. The molecule has 3 aromatic carbocycles. The second kappa shape index (κ2) is 9.63. The second-order valence-corrected chi connectivity index (χ2v) is 8.29. The van der Waals surface area contributed by atoms with Crippen molar-refractivity contribution in [3.63, 3.8) is 0 Å². The molecule has 31 heavy (non-hydrogen) atoms. The number of aromatic nitrogens is 1. The third-order valence-corrected chi connectivity index (χ3v) is 6.25. The molecule has 4 nitrogen and oxygen atoms in total. The van der Waals surface area contributed by atoms with E-state index in [4.69, 9.17) is 11.2 Å². The first kappa shape index (κ1) is 20.9. The summed E-state index contributed by atoms with van der Waals surface area (Å²) < 4.78 is 8.79. The van der Waals surface area contributed by atoms with Crippen LogP contribution in [0.2, 0.25) is 0 Å². The molecule has 4 aromatic rings. The highest BCUT2D eigenvalue weighted by Crippen LogP contribution is 2.27. The highest BCUT2D eigenvalue weighted by Gasteiger charge is 2.12. The topological polar surface area (TPSA) is 43.6 Å². The van der Waals surface area contributed by atoms with Crippen LogP contribution in [0.5, 0.6) is 5.75 Å². The van der Waals surface area contributed by atoms with Crippen molar-refractivity contribution in [3.05, 3.63) is 71.0 Å². The number of unbranched alkanes of at least 4 members (excludes halogenated alkanes) is 2. The number of terminal acetylenes is 1. The van der Waals surface area contributed by atoms with Crippen molar-refractivity contribution in [1.82, 2.24) is 4.57 Å². The van der Waals surface area contributed by atoms with Crippen LogP contribution in [-0.2, 0) is 6.54 Å². The van der Waals surface area contributed by atoms with E-state index in [0.717, 1.165) is 40.3 Å². The maximum atomic E-state index is 13.0. The van der Waals surface area contributed by atoms with Crippen LogP contribution in [0.1, 0.15) is 36.5 Å². The molecular weight excluding hydrogens is 404 g/mol. The molecule has 0 fully saturated rings. The molecular formula is C26H24N2O2S. The summed E-state index contributed by atoms with van der Waals surface area (Å²) in [5, 5.41) is 2.28. The van der Waals surface area contributed by atoms with Gasteiger partial charge in [-0.15, -0.1) is 6.42 Å². The second-order valence-electron chi connectivity index (χ2n) is 7.31. The Morgan fingerprint density at radius 2 is 2.00 bits per heavy atom. The number of amides is 1. The molecule has 0 saturated carbocycles. The van der Waals surface area contributed by atoms with Crippen LogP contribution < -0.4 is 9.54 Å². The molecule has 0 unspecified atom stereocenters. The van der Waals surface area contributed by atoms with Crippen molar-refractivity contribution in [2.75, 3.05) is 6.61 Å². The molecule has 156 valence electrons. The summed E-state index contributed by atoms with van der Waals surface area (Å²) in [7, 11) is 0. The summed E-state index contributed by atoms with van der Waals surface area (Å²) in [4.78, 5) is 18.0. The molecule has 1 heterocycles. The zero-order chi connectivity index (χ0) is 21.6. The van der Waals surface area contributed by atoms with Gasteiger partial charge >= 0.3 is 0 Å². The zero-order valence-corrected chi connectivity index (χ0v) is 18.3. The van der Waals surface area contributed by atoms with Gasteiger partial charge in [-0.1, -0.05) is 73.4 Å². The van der Waals surface area contributed by atoms with Crippen molar-refractivity contribution in [3.8, 4) is 18.1 Å². The van der Waals surface area contributed by atoms with Gasteiger partial charge in [0.25, 0.3) is 5.91 Å². The van der Waals surface area contributed by atoms with E-state index >= 15 is 0 Å². The molecule has 0 saturated heterocycles. The highest BCUT2D eigenvalue weighted by atomic mass is 32.1. The summed E-state index contributed by atoms with van der Waals surface area (Å²) in [5.41, 5.74) is 1.49. The van der Waals surface area contributed by atoms with Gasteiger partial charge in [0.15, 0.2) is 4.80 Å². The largest absolute Gasteiger partial charge is 0.494 e. The molecule has 1 amide bonds. The summed E-state index contributed by atoms with van der Waals surface area (Å²) in [5.74, 6) is 3.07. The smallest absolute Gasteiger partial charge is 0.279 e. The lowest BCUT2D eigenvalue weighted by Crippen LogP contribution is -2.16. The van der Waals surface area contributed by atoms with E-state index in [1.165, 1.54) is 11.3 Å². The molecule has 0 aliphatic heterocycles. The number of carbonyl (C=O) groups excluding carboxylic acids is 1. The molecule has 0 aliphatic carbocycles. The fraction of sp³-hybridized carbons (Fsp3) is 0.231. The molecule has 0 bridgehead atoms. The molecule has 0 aliphatic rings. The van der Waals surface area contributed by atoms with E-state index < -0.39 is 0 Å². The van der Waals surface area contributed by atoms with E-state index in [0.29, 0.717) is 29.3 Å². The Morgan fingerprint density at radius 1 is 1.13 bits per heavy atom. The molecule has 0 atom stereocenters. The van der Waals surface area contributed by atoms with Crippen molar-refractivity contribution in [1.29, 1.82) is 0 Å². The predicted octanol–water partition coefficient (Wildman–Crippen LogP) is 5.80. The van der Waals surface area contributed by atoms with Crippen LogP contribution in [-0.4, -0.2) is 17.1 Å². The summed E-state index contributed by atoms with van der Waals surface area (Å²) >= 11 is 1.49. The number of benzene rings is 3. The monoisotopic (exact) mass is 428 g/mol. The molecule has 5 heteroatoms. The molecule has 0 spiro atoms. The number of hydrogen-bond acceptors (Lipinski definition) is 3. The first-order valence-corrected chi connectivity index (χ1v) is 11.3. The standard InChI is InChI=1S/C26H24N2O2S/c1-3-5-8-17-30-21-12-9-11-20(18-21)25(29)27-26-28(16-4-2)23-15-14-19-10-6-7-13-22(19)24(23)31-26/h2,6-7,9-15,18H,3,5,8,16-17H2,1H3. The third-order valence-electron chi connectivity index (χ3n) is 5.12. The SMILES string of the molecule is C#CCn1c(=NC(=O)c2cccc(OCCCCC)c2)sc2c3ccccc3ccc21. The van der Waals surface area contributed by atoms with Gasteiger partial charge in [-0.05, 0) is 36.1 Å². The number of hydrogen-bond donors (Lipinski definition) is 0. The normalized spacial score (nSPS) is 11.7. The number of rotatable bonds is 7. The Hall–Kier alpha value is -3.36. The average molecular weight is 429 g/mol. The van der Waals surface area contributed by atoms with Crippen molar-refractivity contribution < 1.29 is 9.53 Å². The number of ether oxygens (including phenoxy) is 1. The minimum atomic E-state index is -0.305. The van der Waals surface area contributed by atoms with Gasteiger partial charge in [-0.25, -0.2) is 0 Å². The van der Waals surface area contributed by atoms with Gasteiger partial charge in [0.2, 0.25) is 0 Å². The number of fused-ring (bicyclic) bond motifs is 3. The Kier molecular flexibility index (Phi) is 6.49. The van der Waals surface area contributed by atoms with Crippen molar-refractivity contribution in [2.24, 2.45) is 4.99 Å². The van der Waals surface area contributed by atoms with Crippen LogP contribution in [0.15, 0.2) is 65.7 Å². The van der Waals surface area contributed by atoms with Gasteiger partial charge in [0, 0.05) is 10.9 Å². The fourth-order valence-electron chi connectivity index (χ4n) is 3.54. The van der Waals surface area contributed by atoms with E-state index in [-0.39, 0.29) is 5.91 Å². The van der Waals surface area contributed by atoms with Crippen molar-refractivity contribution in [2.45, 2.75) is 32.7 Å². The van der Waals surface area contributed by atoms with Crippen LogP contribution in [0.25, 0.3) is 21.0 Å². The maximum absolute atomic E-state index is 13.0. The van der Waals surface area contributed by atoms with Gasteiger partial charge in [-0.2, -0.15) is 4.99 Å². The minimum absolute atomic E-state index is 0.305. The van der Waals surface area contributed by atoms with Gasteiger partial charge in [-0.3, -0.25) is 4.79 Å².